The molecule has 1 saturated heterocycles. The van der Waals surface area contributed by atoms with Gasteiger partial charge in [0, 0.05) is 6.07 Å². The lowest BCUT2D eigenvalue weighted by atomic mass is 10.1. The van der Waals surface area contributed by atoms with Crippen LogP contribution < -0.4 is 0 Å². The van der Waals surface area contributed by atoms with Gasteiger partial charge < -0.3 is 9.84 Å². The summed E-state index contributed by atoms with van der Waals surface area (Å²) < 4.78 is 4.70. The van der Waals surface area contributed by atoms with Crippen molar-refractivity contribution in [3.63, 3.8) is 0 Å². The summed E-state index contributed by atoms with van der Waals surface area (Å²) in [5, 5.41) is 20.4. The lowest BCUT2D eigenvalue weighted by Crippen LogP contribution is -2.35. The van der Waals surface area contributed by atoms with Gasteiger partial charge in [0.15, 0.2) is 0 Å². The third-order valence-corrected chi connectivity index (χ3v) is 3.42. The monoisotopic (exact) mass is 294 g/mol. The number of hydrogen-bond acceptors (Lipinski definition) is 7. The van der Waals surface area contributed by atoms with Gasteiger partial charge in [0.1, 0.15) is 11.6 Å². The summed E-state index contributed by atoms with van der Waals surface area (Å²) in [5.74, 6) is -2.62. The number of benzene rings is 1. The molecule has 1 aliphatic rings. The lowest BCUT2D eigenvalue weighted by Gasteiger charge is -2.16. The first-order valence-electron chi connectivity index (χ1n) is 6.34. The second kappa shape index (κ2) is 5.88. The largest absolute Gasteiger partial charge is 0.501 e. The average molecular weight is 294 g/mol. The van der Waals surface area contributed by atoms with Crippen molar-refractivity contribution < 1.29 is 24.4 Å². The third-order valence-electron chi connectivity index (χ3n) is 3.42. The van der Waals surface area contributed by atoms with Crippen LogP contribution in [0.2, 0.25) is 0 Å². The highest BCUT2D eigenvalue weighted by molar-refractivity contribution is 6.00. The Bertz CT molecular complexity index is 600. The van der Waals surface area contributed by atoms with Gasteiger partial charge in [-0.2, -0.15) is 0 Å². The van der Waals surface area contributed by atoms with Crippen LogP contribution >= 0.6 is 0 Å². The standard InChI is InChI=1S/C13H14N2O6/c1-14-7-3-6-10(14)13(18)21-12(17)8-4-2-5-9(11(8)16)15(19)20/h2,4-5,10,16H,3,6-7H2,1H3/t10-/m1/s1. The molecule has 1 fully saturated rings. The number of carbonyl (C=O) groups excluding carboxylic acids is 2. The Labute approximate surface area is 120 Å². The molecule has 1 aromatic rings. The fourth-order valence-corrected chi connectivity index (χ4v) is 2.27. The number of para-hydroxylation sites is 1. The maximum atomic E-state index is 11.9. The van der Waals surface area contributed by atoms with Gasteiger partial charge in [-0.3, -0.25) is 15.0 Å². The summed E-state index contributed by atoms with van der Waals surface area (Å²) >= 11 is 0. The number of likely N-dealkylation sites (N-methyl/N-ethyl adjacent to an activating group) is 1. The number of ether oxygens (including phenoxy) is 1. The minimum Gasteiger partial charge on any atom is -0.501 e. The number of hydrogen-bond donors (Lipinski definition) is 1. The number of aromatic hydroxyl groups is 1. The zero-order valence-electron chi connectivity index (χ0n) is 11.3. The van der Waals surface area contributed by atoms with E-state index in [1.54, 1.807) is 11.9 Å². The van der Waals surface area contributed by atoms with E-state index in [0.29, 0.717) is 6.42 Å². The number of nitro groups is 1. The minimum atomic E-state index is -1.10. The smallest absolute Gasteiger partial charge is 0.349 e. The summed E-state index contributed by atoms with van der Waals surface area (Å²) in [6.07, 6.45) is 1.41. The fourth-order valence-electron chi connectivity index (χ4n) is 2.27. The summed E-state index contributed by atoms with van der Waals surface area (Å²) in [6, 6.07) is 2.95. The van der Waals surface area contributed by atoms with Crippen LogP contribution in [-0.2, 0) is 9.53 Å². The molecule has 21 heavy (non-hydrogen) atoms. The summed E-state index contributed by atoms with van der Waals surface area (Å²) in [5.41, 5.74) is -1.02. The first-order valence-corrected chi connectivity index (χ1v) is 6.34. The number of likely N-dealkylation sites (tertiary alicyclic amines) is 1. The number of nitrogens with zero attached hydrogens (tertiary/aromatic N) is 2. The Morgan fingerprint density at radius 3 is 2.76 bits per heavy atom. The predicted octanol–water partition coefficient (Wildman–Crippen LogP) is 1.08. The van der Waals surface area contributed by atoms with Crippen LogP contribution in [0.15, 0.2) is 18.2 Å². The van der Waals surface area contributed by atoms with E-state index in [2.05, 4.69) is 0 Å². The number of phenolic OH excluding ortho intramolecular Hbond substituents is 1. The molecule has 0 spiro atoms. The molecule has 1 aromatic carbocycles. The van der Waals surface area contributed by atoms with Gasteiger partial charge in [0.25, 0.3) is 0 Å². The van der Waals surface area contributed by atoms with Gasteiger partial charge in [-0.1, -0.05) is 6.07 Å². The Hall–Kier alpha value is -2.48. The number of carbonyl (C=O) groups is 2. The van der Waals surface area contributed by atoms with E-state index in [-0.39, 0.29) is 0 Å². The second-order valence-corrected chi connectivity index (χ2v) is 4.78. The van der Waals surface area contributed by atoms with Crippen LogP contribution in [0.5, 0.6) is 5.75 Å². The maximum Gasteiger partial charge on any atom is 0.349 e. The van der Waals surface area contributed by atoms with Gasteiger partial charge in [-0.05, 0) is 32.5 Å². The number of rotatable bonds is 3. The van der Waals surface area contributed by atoms with Crippen molar-refractivity contribution in [1.29, 1.82) is 0 Å². The highest BCUT2D eigenvalue weighted by Gasteiger charge is 2.32. The molecule has 112 valence electrons. The maximum absolute atomic E-state index is 11.9. The van der Waals surface area contributed by atoms with E-state index in [9.17, 15) is 24.8 Å². The Kier molecular flexibility index (Phi) is 4.18. The molecule has 0 amide bonds. The van der Waals surface area contributed by atoms with E-state index in [0.717, 1.165) is 25.1 Å². The van der Waals surface area contributed by atoms with Crippen molar-refractivity contribution in [1.82, 2.24) is 4.90 Å². The molecule has 0 radical (unpaired) electrons. The number of phenols is 1. The molecule has 0 bridgehead atoms. The van der Waals surface area contributed by atoms with Crippen LogP contribution in [-0.4, -0.2) is 46.5 Å². The van der Waals surface area contributed by atoms with Gasteiger partial charge in [-0.25, -0.2) is 9.59 Å². The average Bonchev–Trinajstić information content (AvgIpc) is 2.84. The van der Waals surface area contributed by atoms with Gasteiger partial charge in [0.05, 0.1) is 4.92 Å². The van der Waals surface area contributed by atoms with Gasteiger partial charge in [0.2, 0.25) is 5.75 Å². The van der Waals surface area contributed by atoms with E-state index in [1.807, 2.05) is 0 Å². The molecule has 2 rings (SSSR count). The molecular formula is C13H14N2O6. The van der Waals surface area contributed by atoms with E-state index >= 15 is 0 Å². The van der Waals surface area contributed by atoms with Crippen LogP contribution in [0, 0.1) is 10.1 Å². The van der Waals surface area contributed by atoms with E-state index in [1.165, 1.54) is 6.07 Å². The topological polar surface area (TPSA) is 110 Å². The minimum absolute atomic E-state index is 0.404. The second-order valence-electron chi connectivity index (χ2n) is 4.78. The molecule has 0 aromatic heterocycles. The molecule has 1 aliphatic heterocycles. The Balaban J connectivity index is 2.15. The van der Waals surface area contributed by atoms with Crippen LogP contribution in [0.1, 0.15) is 23.2 Å². The number of esters is 2. The Morgan fingerprint density at radius 2 is 2.19 bits per heavy atom. The van der Waals surface area contributed by atoms with Crippen LogP contribution in [0.4, 0.5) is 5.69 Å². The summed E-state index contributed by atoms with van der Waals surface area (Å²) in [6.45, 7) is 0.732. The number of nitro benzene ring substituents is 1. The SMILES string of the molecule is CN1CCC[C@@H]1C(=O)OC(=O)c1cccc([N+](=O)[O-])c1O. The zero-order chi connectivity index (χ0) is 15.6. The third kappa shape index (κ3) is 3.00. The quantitative estimate of drug-likeness (QED) is 0.384. The van der Waals surface area contributed by atoms with Crippen LogP contribution in [0.3, 0.4) is 0 Å². The molecule has 8 nitrogen and oxygen atoms in total. The molecule has 0 unspecified atom stereocenters. The molecule has 1 heterocycles. The molecule has 1 N–H and O–H groups in total. The van der Waals surface area contributed by atoms with Crippen LogP contribution in [0.25, 0.3) is 0 Å². The van der Waals surface area contributed by atoms with Crippen molar-refractivity contribution in [3.8, 4) is 5.75 Å². The molecule has 0 aliphatic carbocycles. The molecule has 8 heteroatoms. The predicted molar refractivity (Wildman–Crippen MR) is 70.8 cm³/mol. The Morgan fingerprint density at radius 1 is 1.48 bits per heavy atom. The van der Waals surface area contributed by atoms with E-state index in [4.69, 9.17) is 4.74 Å². The van der Waals surface area contributed by atoms with E-state index < -0.39 is 39.9 Å². The fraction of sp³-hybridized carbons (Fsp3) is 0.385. The van der Waals surface area contributed by atoms with Crippen molar-refractivity contribution in [2.24, 2.45) is 0 Å². The normalized spacial score (nSPS) is 18.4. The first-order chi connectivity index (χ1) is 9.91. The highest BCUT2D eigenvalue weighted by atomic mass is 16.6. The molecule has 0 saturated carbocycles. The molecular weight excluding hydrogens is 280 g/mol. The van der Waals surface area contributed by atoms with Crippen molar-refractivity contribution in [2.45, 2.75) is 18.9 Å². The summed E-state index contributed by atoms with van der Waals surface area (Å²) in [4.78, 5) is 35.4. The van der Waals surface area contributed by atoms with Crippen molar-refractivity contribution in [2.75, 3.05) is 13.6 Å². The molecule has 1 atom stereocenters. The first kappa shape index (κ1) is 14.9. The van der Waals surface area contributed by atoms with Crippen molar-refractivity contribution in [3.05, 3.63) is 33.9 Å². The lowest BCUT2D eigenvalue weighted by molar-refractivity contribution is -0.385. The zero-order valence-corrected chi connectivity index (χ0v) is 11.3. The highest BCUT2D eigenvalue weighted by Crippen LogP contribution is 2.30. The van der Waals surface area contributed by atoms with Gasteiger partial charge >= 0.3 is 17.6 Å². The summed E-state index contributed by atoms with van der Waals surface area (Å²) in [7, 11) is 1.74. The van der Waals surface area contributed by atoms with Crippen molar-refractivity contribution >= 4 is 17.6 Å². The van der Waals surface area contributed by atoms with Gasteiger partial charge in [-0.15, -0.1) is 0 Å².